The Morgan fingerprint density at radius 3 is 2.33 bits per heavy atom. The molecule has 2 N–H and O–H groups in total. The molecule has 1 nitrogen and oxygen atoms in total. The molecule has 66 valence electrons. The molecule has 1 rings (SSSR count). The lowest BCUT2D eigenvalue weighted by molar-refractivity contribution is 0.698. The van der Waals surface area contributed by atoms with Crippen LogP contribution in [0.5, 0.6) is 0 Å². The highest BCUT2D eigenvalue weighted by atomic mass is 32.2. The third-order valence-corrected chi connectivity index (χ3v) is 2.73. The van der Waals surface area contributed by atoms with Gasteiger partial charge in [0.25, 0.3) is 0 Å². The van der Waals surface area contributed by atoms with Crippen molar-refractivity contribution < 1.29 is 0 Å². The van der Waals surface area contributed by atoms with Gasteiger partial charge in [-0.15, -0.1) is 11.8 Å². The fourth-order valence-corrected chi connectivity index (χ4v) is 1.50. The van der Waals surface area contributed by atoms with Crippen LogP contribution in [0.3, 0.4) is 0 Å². The largest absolute Gasteiger partial charge is 0.324 e. The summed E-state index contributed by atoms with van der Waals surface area (Å²) in [5.74, 6) is 0. The van der Waals surface area contributed by atoms with E-state index in [0.29, 0.717) is 0 Å². The lowest BCUT2D eigenvalue weighted by Gasteiger charge is -2.08. The molecule has 1 atom stereocenters. The Labute approximate surface area is 78.4 Å². The molecule has 0 saturated heterocycles. The average molecular weight is 181 g/mol. The summed E-state index contributed by atoms with van der Waals surface area (Å²) in [6, 6.07) is 8.66. The smallest absolute Gasteiger partial charge is 0.0292 e. The van der Waals surface area contributed by atoms with E-state index in [0.717, 1.165) is 6.42 Å². The summed E-state index contributed by atoms with van der Waals surface area (Å²) in [4.78, 5) is 1.29. The van der Waals surface area contributed by atoms with Gasteiger partial charge in [0, 0.05) is 10.9 Å². The second-order valence-electron chi connectivity index (χ2n) is 2.79. The molecule has 0 aliphatic carbocycles. The zero-order valence-electron chi connectivity index (χ0n) is 7.58. The summed E-state index contributed by atoms with van der Waals surface area (Å²) in [6.45, 7) is 2.10. The fourth-order valence-electron chi connectivity index (χ4n) is 1.09. The summed E-state index contributed by atoms with van der Waals surface area (Å²) in [5, 5.41) is 0. The van der Waals surface area contributed by atoms with Gasteiger partial charge in [-0.2, -0.15) is 0 Å². The average Bonchev–Trinajstić information content (AvgIpc) is 2.17. The first-order valence-electron chi connectivity index (χ1n) is 4.17. The van der Waals surface area contributed by atoms with Crippen LogP contribution in [-0.4, -0.2) is 6.26 Å². The van der Waals surface area contributed by atoms with E-state index in [1.165, 1.54) is 10.5 Å². The molecule has 2 heteroatoms. The first-order valence-corrected chi connectivity index (χ1v) is 5.40. The van der Waals surface area contributed by atoms with Crippen molar-refractivity contribution in [3.63, 3.8) is 0 Å². The van der Waals surface area contributed by atoms with Crippen molar-refractivity contribution in [2.24, 2.45) is 5.73 Å². The molecule has 0 amide bonds. The van der Waals surface area contributed by atoms with Gasteiger partial charge < -0.3 is 5.73 Å². The van der Waals surface area contributed by atoms with Gasteiger partial charge >= 0.3 is 0 Å². The van der Waals surface area contributed by atoms with Crippen LogP contribution in [0.1, 0.15) is 24.9 Å². The van der Waals surface area contributed by atoms with Gasteiger partial charge in [0.1, 0.15) is 0 Å². The summed E-state index contributed by atoms with van der Waals surface area (Å²) < 4.78 is 0. The van der Waals surface area contributed by atoms with Crippen LogP contribution in [0.4, 0.5) is 0 Å². The summed E-state index contributed by atoms with van der Waals surface area (Å²) in [5.41, 5.74) is 7.11. The van der Waals surface area contributed by atoms with Crippen LogP contribution < -0.4 is 5.73 Å². The van der Waals surface area contributed by atoms with Crippen LogP contribution in [-0.2, 0) is 0 Å². The zero-order valence-corrected chi connectivity index (χ0v) is 8.40. The third-order valence-electron chi connectivity index (χ3n) is 1.98. The van der Waals surface area contributed by atoms with Gasteiger partial charge in [-0.05, 0) is 30.4 Å². The first-order chi connectivity index (χ1) is 5.77. The van der Waals surface area contributed by atoms with E-state index >= 15 is 0 Å². The van der Waals surface area contributed by atoms with Crippen molar-refractivity contribution in [1.82, 2.24) is 0 Å². The molecule has 0 saturated carbocycles. The molecule has 1 unspecified atom stereocenters. The van der Waals surface area contributed by atoms with Gasteiger partial charge in [-0.1, -0.05) is 19.1 Å². The van der Waals surface area contributed by atoms with Crippen LogP contribution >= 0.6 is 11.8 Å². The van der Waals surface area contributed by atoms with Crippen LogP contribution in [0, 0.1) is 0 Å². The predicted molar refractivity (Wildman–Crippen MR) is 55.4 cm³/mol. The molecule has 0 fully saturated rings. The van der Waals surface area contributed by atoms with Gasteiger partial charge in [-0.25, -0.2) is 0 Å². The summed E-state index contributed by atoms with van der Waals surface area (Å²) in [7, 11) is 0. The molecule has 0 radical (unpaired) electrons. The first kappa shape index (κ1) is 9.62. The maximum atomic E-state index is 5.88. The maximum absolute atomic E-state index is 5.88. The Balaban J connectivity index is 2.77. The lowest BCUT2D eigenvalue weighted by Crippen LogP contribution is -2.07. The van der Waals surface area contributed by atoms with Crippen molar-refractivity contribution in [2.45, 2.75) is 24.3 Å². The summed E-state index contributed by atoms with van der Waals surface area (Å²) >= 11 is 1.76. The summed E-state index contributed by atoms with van der Waals surface area (Å²) in [6.07, 6.45) is 3.08. The monoisotopic (exact) mass is 181 g/mol. The zero-order chi connectivity index (χ0) is 8.97. The minimum atomic E-state index is 0.195. The van der Waals surface area contributed by atoms with E-state index in [1.807, 2.05) is 0 Å². The topological polar surface area (TPSA) is 26.0 Å². The number of hydrogen-bond acceptors (Lipinski definition) is 2. The number of nitrogens with two attached hydrogens (primary N) is 1. The molecule has 0 aliphatic heterocycles. The number of benzene rings is 1. The Morgan fingerprint density at radius 1 is 1.33 bits per heavy atom. The van der Waals surface area contributed by atoms with Crippen LogP contribution in [0.2, 0.25) is 0 Å². The standard InChI is InChI=1S/C10H15NS/c1-3-10(11)8-4-6-9(12-2)7-5-8/h4-7,10H,3,11H2,1-2H3. The molecule has 0 heterocycles. The van der Waals surface area contributed by atoms with Gasteiger partial charge in [-0.3, -0.25) is 0 Å². The van der Waals surface area contributed by atoms with Crippen LogP contribution in [0.15, 0.2) is 29.2 Å². The Hall–Kier alpha value is -0.470. The fraction of sp³-hybridized carbons (Fsp3) is 0.400. The molecular formula is C10H15NS. The SMILES string of the molecule is CCC(N)c1ccc(SC)cc1. The molecule has 0 aromatic heterocycles. The number of hydrogen-bond donors (Lipinski definition) is 1. The minimum absolute atomic E-state index is 0.195. The highest BCUT2D eigenvalue weighted by Crippen LogP contribution is 2.19. The second-order valence-corrected chi connectivity index (χ2v) is 3.67. The number of rotatable bonds is 3. The van der Waals surface area contributed by atoms with Gasteiger partial charge in [0.2, 0.25) is 0 Å². The van der Waals surface area contributed by atoms with E-state index in [1.54, 1.807) is 11.8 Å². The molecule has 12 heavy (non-hydrogen) atoms. The van der Waals surface area contributed by atoms with Crippen LogP contribution in [0.25, 0.3) is 0 Å². The quantitative estimate of drug-likeness (QED) is 0.726. The van der Waals surface area contributed by atoms with Crippen molar-refractivity contribution in [3.05, 3.63) is 29.8 Å². The maximum Gasteiger partial charge on any atom is 0.0292 e. The molecular weight excluding hydrogens is 166 g/mol. The third kappa shape index (κ3) is 2.26. The van der Waals surface area contributed by atoms with Crippen molar-refractivity contribution in [1.29, 1.82) is 0 Å². The van der Waals surface area contributed by atoms with E-state index in [9.17, 15) is 0 Å². The van der Waals surface area contributed by atoms with Crippen molar-refractivity contribution in [3.8, 4) is 0 Å². The molecule has 0 bridgehead atoms. The molecule has 0 aliphatic rings. The second kappa shape index (κ2) is 4.53. The predicted octanol–water partition coefficient (Wildman–Crippen LogP) is 2.82. The normalized spacial score (nSPS) is 12.9. The van der Waals surface area contributed by atoms with E-state index < -0.39 is 0 Å². The molecule has 1 aromatic carbocycles. The highest BCUT2D eigenvalue weighted by molar-refractivity contribution is 7.98. The lowest BCUT2D eigenvalue weighted by atomic mass is 10.1. The Kier molecular flexibility index (Phi) is 3.63. The Morgan fingerprint density at radius 2 is 1.92 bits per heavy atom. The van der Waals surface area contributed by atoms with E-state index in [2.05, 4.69) is 37.4 Å². The van der Waals surface area contributed by atoms with E-state index in [4.69, 9.17) is 5.73 Å². The molecule has 0 spiro atoms. The minimum Gasteiger partial charge on any atom is -0.324 e. The van der Waals surface area contributed by atoms with Gasteiger partial charge in [0.05, 0.1) is 0 Å². The highest BCUT2D eigenvalue weighted by Gasteiger charge is 2.01. The number of thioether (sulfide) groups is 1. The van der Waals surface area contributed by atoms with Gasteiger partial charge in [0.15, 0.2) is 0 Å². The van der Waals surface area contributed by atoms with E-state index in [-0.39, 0.29) is 6.04 Å². The Bertz CT molecular complexity index is 230. The van der Waals surface area contributed by atoms with Crippen molar-refractivity contribution in [2.75, 3.05) is 6.26 Å². The van der Waals surface area contributed by atoms with Crippen molar-refractivity contribution >= 4 is 11.8 Å². The molecule has 1 aromatic rings.